The minimum atomic E-state index is -5.22. The quantitative estimate of drug-likeness (QED) is 0.188. The molecule has 4 aromatic rings. The molecule has 0 radical (unpaired) electrons. The second kappa shape index (κ2) is 11.9. The summed E-state index contributed by atoms with van der Waals surface area (Å²) < 4.78 is 129. The summed E-state index contributed by atoms with van der Waals surface area (Å²) in [6.45, 7) is 2.18. The lowest BCUT2D eigenvalue weighted by Gasteiger charge is -2.26. The van der Waals surface area contributed by atoms with E-state index < -0.39 is 78.9 Å². The number of aromatic nitrogens is 3. The molecule has 45 heavy (non-hydrogen) atoms. The third-order valence-corrected chi connectivity index (χ3v) is 7.73. The van der Waals surface area contributed by atoms with Gasteiger partial charge in [-0.2, -0.15) is 18.2 Å². The van der Waals surface area contributed by atoms with E-state index in [4.69, 9.17) is 0 Å². The Balaban J connectivity index is 1.66. The topological polar surface area (TPSA) is 118 Å². The van der Waals surface area contributed by atoms with Crippen LogP contribution in [0.15, 0.2) is 41.3 Å². The molecule has 0 aliphatic carbocycles. The van der Waals surface area contributed by atoms with Crippen molar-refractivity contribution in [2.45, 2.75) is 38.3 Å². The Morgan fingerprint density at radius 2 is 1.80 bits per heavy atom. The first-order chi connectivity index (χ1) is 21.1. The molecule has 0 spiro atoms. The molecule has 1 aliphatic rings. The second-order valence-electron chi connectivity index (χ2n) is 10.4. The number of sulfonamides is 1. The zero-order chi connectivity index (χ0) is 32.8. The van der Waals surface area contributed by atoms with Gasteiger partial charge in [-0.25, -0.2) is 31.0 Å². The lowest BCUT2D eigenvalue weighted by molar-refractivity contribution is -0.137. The van der Waals surface area contributed by atoms with Crippen molar-refractivity contribution in [3.8, 4) is 22.3 Å². The summed E-state index contributed by atoms with van der Waals surface area (Å²) in [5, 5.41) is 6.06. The fourth-order valence-electron chi connectivity index (χ4n) is 5.26. The zero-order valence-electron chi connectivity index (χ0n) is 23.6. The number of rotatable bonds is 7. The number of pyridine rings is 1. The number of aryl methyl sites for hydroxylation is 1. The lowest BCUT2D eigenvalue weighted by Crippen LogP contribution is -2.44. The normalized spacial score (nSPS) is 17.4. The summed E-state index contributed by atoms with van der Waals surface area (Å²) >= 11 is 0. The summed E-state index contributed by atoms with van der Waals surface area (Å²) in [6, 6.07) is 3.22. The predicted octanol–water partition coefficient (Wildman–Crippen LogP) is 5.06. The molecule has 2 aromatic heterocycles. The van der Waals surface area contributed by atoms with Gasteiger partial charge in [0.05, 0.1) is 28.6 Å². The van der Waals surface area contributed by atoms with Gasteiger partial charge in [0.25, 0.3) is 5.56 Å². The Hall–Kier alpha value is -4.25. The van der Waals surface area contributed by atoms with Gasteiger partial charge in [0.2, 0.25) is 16.0 Å². The van der Waals surface area contributed by atoms with Crippen molar-refractivity contribution in [1.82, 2.24) is 19.9 Å². The number of benzene rings is 2. The first kappa shape index (κ1) is 32.2. The van der Waals surface area contributed by atoms with Crippen LogP contribution in [0.2, 0.25) is 0 Å². The van der Waals surface area contributed by atoms with Gasteiger partial charge in [0.1, 0.15) is 17.6 Å². The molecule has 0 unspecified atom stereocenters. The van der Waals surface area contributed by atoms with Crippen LogP contribution in [-0.4, -0.2) is 54.5 Å². The van der Waals surface area contributed by atoms with Gasteiger partial charge >= 0.3 is 6.18 Å². The summed E-state index contributed by atoms with van der Waals surface area (Å²) in [5.41, 5.74) is -7.51. The van der Waals surface area contributed by atoms with Crippen LogP contribution >= 0.6 is 0 Å². The first-order valence-electron chi connectivity index (χ1n) is 13.5. The fraction of sp³-hybridized carbons (Fsp3) is 0.321. The van der Waals surface area contributed by atoms with Gasteiger partial charge in [-0.05, 0) is 31.2 Å². The number of nitrogens with one attached hydrogen (secondary N) is 3. The van der Waals surface area contributed by atoms with Crippen LogP contribution in [0.4, 0.5) is 42.4 Å². The number of halogens is 7. The van der Waals surface area contributed by atoms with Crippen LogP contribution < -0.4 is 20.9 Å². The molecule has 0 amide bonds. The van der Waals surface area contributed by atoms with Gasteiger partial charge < -0.3 is 10.6 Å². The maximum atomic E-state index is 15.7. The number of alkyl halides is 4. The molecule has 0 bridgehead atoms. The number of nitrogens with zero attached hydrogens (tertiary/aromatic N) is 3. The number of anilines is 2. The van der Waals surface area contributed by atoms with E-state index in [1.807, 2.05) is 0 Å². The minimum absolute atomic E-state index is 0.0265. The third kappa shape index (κ3) is 6.45. The minimum Gasteiger partial charge on any atom is -0.350 e. The highest BCUT2D eigenvalue weighted by Gasteiger charge is 2.38. The fourth-order valence-corrected chi connectivity index (χ4v) is 5.83. The van der Waals surface area contributed by atoms with Crippen LogP contribution in [0, 0.1) is 17.5 Å². The van der Waals surface area contributed by atoms with Crippen molar-refractivity contribution in [3.05, 3.63) is 69.9 Å². The second-order valence-corrected chi connectivity index (χ2v) is 12.2. The van der Waals surface area contributed by atoms with Gasteiger partial charge in [0.15, 0.2) is 11.6 Å². The average Bonchev–Trinajstić information content (AvgIpc) is 2.94. The molecule has 3 heterocycles. The van der Waals surface area contributed by atoms with Crippen LogP contribution in [0.5, 0.6) is 0 Å². The molecule has 9 nitrogen and oxygen atoms in total. The van der Waals surface area contributed by atoms with Crippen molar-refractivity contribution >= 4 is 32.7 Å². The molecule has 0 saturated carbocycles. The maximum absolute atomic E-state index is 15.7. The van der Waals surface area contributed by atoms with Crippen molar-refractivity contribution < 1.29 is 39.2 Å². The van der Waals surface area contributed by atoms with E-state index in [1.54, 1.807) is 11.6 Å². The van der Waals surface area contributed by atoms with Crippen molar-refractivity contribution in [3.63, 3.8) is 0 Å². The van der Waals surface area contributed by atoms with Crippen molar-refractivity contribution in [2.75, 3.05) is 29.4 Å². The standard InChI is InChI=1S/C28H25F7N6O3S/c1-3-41-25-13(10-37-27(39-25)38-15-8-14(29)11-36-12-15)7-17(26(41)42)16-9-19(30)22(24(32)23(16)31)21-18(28(33,34)35)5-4-6-20(21)40-45(2,43)44/h4-7,9-10,14-15,36,40H,3,8,11-12H2,1-2H3,(H,37,38,39)/t14-,15-/m0/s1. The Kier molecular flexibility index (Phi) is 8.52. The van der Waals surface area contributed by atoms with Gasteiger partial charge in [0, 0.05) is 54.8 Å². The van der Waals surface area contributed by atoms with E-state index >= 15 is 13.2 Å². The van der Waals surface area contributed by atoms with Crippen LogP contribution in [0.25, 0.3) is 33.3 Å². The Bertz CT molecular complexity index is 1970. The van der Waals surface area contributed by atoms with Crippen LogP contribution in [0.1, 0.15) is 18.9 Å². The highest BCUT2D eigenvalue weighted by molar-refractivity contribution is 7.92. The number of hydrogen-bond acceptors (Lipinski definition) is 7. The molecule has 17 heteroatoms. The van der Waals surface area contributed by atoms with E-state index in [0.717, 1.165) is 22.8 Å². The highest BCUT2D eigenvalue weighted by atomic mass is 32.2. The summed E-state index contributed by atoms with van der Waals surface area (Å²) in [7, 11) is -4.24. The van der Waals surface area contributed by atoms with E-state index in [9.17, 15) is 30.8 Å². The average molecular weight is 659 g/mol. The SMILES string of the molecule is CCn1c(=O)c(-c2cc(F)c(-c3c(NS(C)(=O)=O)cccc3C(F)(F)F)c(F)c2F)cc2cnc(N[C@@H]3CNC[C@@H](F)C3)nc21. The zero-order valence-corrected chi connectivity index (χ0v) is 24.4. The molecule has 2 atom stereocenters. The predicted molar refractivity (Wildman–Crippen MR) is 153 cm³/mol. The summed E-state index contributed by atoms with van der Waals surface area (Å²) in [6.07, 6.45) is -4.23. The molecule has 2 aromatic carbocycles. The number of hydrogen-bond donors (Lipinski definition) is 3. The van der Waals surface area contributed by atoms with E-state index in [1.165, 1.54) is 6.20 Å². The number of piperidine rings is 1. The first-order valence-corrected chi connectivity index (χ1v) is 15.4. The van der Waals surface area contributed by atoms with Crippen molar-refractivity contribution in [2.24, 2.45) is 0 Å². The highest BCUT2D eigenvalue weighted by Crippen LogP contribution is 2.44. The number of fused-ring (bicyclic) bond motifs is 1. The van der Waals surface area contributed by atoms with E-state index in [2.05, 4.69) is 20.6 Å². The van der Waals surface area contributed by atoms with Gasteiger partial charge in [-0.3, -0.25) is 14.1 Å². The molecule has 1 aliphatic heterocycles. The third-order valence-electron chi connectivity index (χ3n) is 7.14. The van der Waals surface area contributed by atoms with Gasteiger partial charge in [-0.15, -0.1) is 0 Å². The van der Waals surface area contributed by atoms with Crippen molar-refractivity contribution in [1.29, 1.82) is 0 Å². The Morgan fingerprint density at radius 3 is 2.44 bits per heavy atom. The molecule has 5 rings (SSSR count). The summed E-state index contributed by atoms with van der Waals surface area (Å²) in [4.78, 5) is 22.0. The lowest BCUT2D eigenvalue weighted by atomic mass is 9.93. The largest absolute Gasteiger partial charge is 0.417 e. The summed E-state index contributed by atoms with van der Waals surface area (Å²) in [5.74, 6) is -5.55. The van der Waals surface area contributed by atoms with E-state index in [0.29, 0.717) is 24.9 Å². The molecular weight excluding hydrogens is 633 g/mol. The smallest absolute Gasteiger partial charge is 0.350 e. The molecule has 240 valence electrons. The molecular formula is C28H25F7N6O3S. The Labute approximate surface area is 251 Å². The molecule has 1 fully saturated rings. The molecule has 1 saturated heterocycles. The molecule has 3 N–H and O–H groups in total. The Morgan fingerprint density at radius 1 is 1.07 bits per heavy atom. The monoisotopic (exact) mass is 658 g/mol. The van der Waals surface area contributed by atoms with Crippen LogP contribution in [0.3, 0.4) is 0 Å². The van der Waals surface area contributed by atoms with E-state index in [-0.39, 0.29) is 42.5 Å². The van der Waals surface area contributed by atoms with Crippen LogP contribution in [-0.2, 0) is 22.7 Å². The van der Waals surface area contributed by atoms with Gasteiger partial charge in [-0.1, -0.05) is 6.07 Å². The maximum Gasteiger partial charge on any atom is 0.417 e.